The molecule has 0 spiro atoms. The lowest BCUT2D eigenvalue weighted by Crippen LogP contribution is -2.22. The molecule has 0 radical (unpaired) electrons. The molecule has 0 saturated carbocycles. The van der Waals surface area contributed by atoms with Gasteiger partial charge in [-0.2, -0.15) is 8.78 Å². The van der Waals surface area contributed by atoms with Crippen LogP contribution in [-0.4, -0.2) is 17.5 Å². The van der Waals surface area contributed by atoms with Crippen molar-refractivity contribution in [2.45, 2.75) is 26.7 Å². The second-order valence-corrected chi connectivity index (χ2v) is 8.70. The predicted octanol–water partition coefficient (Wildman–Crippen LogP) is 5.52. The van der Waals surface area contributed by atoms with E-state index in [2.05, 4.69) is 15.0 Å². The highest BCUT2D eigenvalue weighted by Crippen LogP contribution is 2.35. The van der Waals surface area contributed by atoms with E-state index in [4.69, 9.17) is 4.74 Å². The number of hydrogen-bond acceptors (Lipinski definition) is 5. The van der Waals surface area contributed by atoms with E-state index in [1.807, 2.05) is 37.3 Å². The molecule has 2 heterocycles. The summed E-state index contributed by atoms with van der Waals surface area (Å²) in [6.07, 6.45) is 1.48. The number of halogens is 2. The van der Waals surface area contributed by atoms with Gasteiger partial charge in [0, 0.05) is 17.6 Å². The number of pyridine rings is 1. The van der Waals surface area contributed by atoms with Crippen molar-refractivity contribution in [1.29, 1.82) is 0 Å². The number of nitrogens with one attached hydrogen (secondary N) is 2. The molecular formula is C26H22F2N2O4S. The minimum Gasteiger partial charge on any atom is -0.488 e. The van der Waals surface area contributed by atoms with Crippen LogP contribution in [0.2, 0.25) is 0 Å². The molecule has 0 aliphatic heterocycles. The molecule has 0 bridgehead atoms. The van der Waals surface area contributed by atoms with Crippen molar-refractivity contribution in [3.8, 4) is 21.9 Å². The van der Waals surface area contributed by atoms with Crippen LogP contribution in [-0.2, 0) is 13.2 Å². The van der Waals surface area contributed by atoms with Crippen LogP contribution in [0.1, 0.15) is 26.4 Å². The summed E-state index contributed by atoms with van der Waals surface area (Å²) in [6, 6.07) is 19.1. The molecule has 4 aromatic rings. The molecule has 180 valence electrons. The Bertz CT molecular complexity index is 1350. The Morgan fingerprint density at radius 2 is 1.80 bits per heavy atom. The third-order valence-corrected chi connectivity index (χ3v) is 6.39. The number of rotatable bonds is 9. The number of benzene rings is 2. The molecule has 6 nitrogen and oxygen atoms in total. The summed E-state index contributed by atoms with van der Waals surface area (Å²) in [6.45, 7) is -0.568. The van der Waals surface area contributed by atoms with Crippen LogP contribution < -0.4 is 20.3 Å². The van der Waals surface area contributed by atoms with E-state index >= 15 is 0 Å². The second-order valence-electron chi connectivity index (χ2n) is 7.65. The molecule has 35 heavy (non-hydrogen) atoms. The molecule has 2 N–H and O–H groups in total. The first kappa shape index (κ1) is 24.2. The average molecular weight is 497 g/mol. The van der Waals surface area contributed by atoms with Gasteiger partial charge in [-0.05, 0) is 47.9 Å². The van der Waals surface area contributed by atoms with Gasteiger partial charge in [-0.3, -0.25) is 9.59 Å². The number of aromatic amines is 1. The van der Waals surface area contributed by atoms with Crippen LogP contribution in [0.4, 0.5) is 8.78 Å². The Labute approximate surface area is 204 Å². The van der Waals surface area contributed by atoms with E-state index in [-0.39, 0.29) is 23.8 Å². The van der Waals surface area contributed by atoms with E-state index < -0.39 is 6.61 Å². The molecule has 9 heteroatoms. The number of H-pyrrole nitrogens is 1. The van der Waals surface area contributed by atoms with Gasteiger partial charge in [0.1, 0.15) is 18.1 Å². The first-order valence-corrected chi connectivity index (χ1v) is 11.5. The zero-order valence-corrected chi connectivity index (χ0v) is 19.5. The molecule has 4 rings (SSSR count). The van der Waals surface area contributed by atoms with Crippen molar-refractivity contribution in [1.82, 2.24) is 10.3 Å². The van der Waals surface area contributed by atoms with Crippen molar-refractivity contribution in [2.24, 2.45) is 0 Å². The van der Waals surface area contributed by atoms with E-state index in [1.165, 1.54) is 29.7 Å². The molecule has 0 aliphatic carbocycles. The van der Waals surface area contributed by atoms with E-state index in [0.29, 0.717) is 33.2 Å². The highest BCUT2D eigenvalue weighted by Gasteiger charge is 2.19. The lowest BCUT2D eigenvalue weighted by Gasteiger charge is -2.10. The van der Waals surface area contributed by atoms with Crippen molar-refractivity contribution >= 4 is 17.2 Å². The number of hydrogen-bond donors (Lipinski definition) is 2. The summed E-state index contributed by atoms with van der Waals surface area (Å²) in [4.78, 5) is 29.2. The Balaban J connectivity index is 1.50. The normalized spacial score (nSPS) is 10.9. The number of alkyl halides is 2. The minimum absolute atomic E-state index is 0.0488. The molecule has 0 unspecified atom stereocenters. The van der Waals surface area contributed by atoms with Crippen LogP contribution in [0.25, 0.3) is 10.4 Å². The first-order chi connectivity index (χ1) is 16.9. The Hall–Kier alpha value is -3.98. The molecular weight excluding hydrogens is 474 g/mol. The van der Waals surface area contributed by atoms with Crippen LogP contribution in [0.5, 0.6) is 11.5 Å². The first-order valence-electron chi connectivity index (χ1n) is 10.7. The third-order valence-electron chi connectivity index (χ3n) is 5.13. The van der Waals surface area contributed by atoms with Crippen LogP contribution >= 0.6 is 11.3 Å². The fourth-order valence-corrected chi connectivity index (χ4v) is 4.57. The number of carbonyl (C=O) groups is 1. The molecule has 0 aliphatic rings. The third kappa shape index (κ3) is 6.13. The van der Waals surface area contributed by atoms with Gasteiger partial charge in [-0.15, -0.1) is 11.3 Å². The van der Waals surface area contributed by atoms with Crippen LogP contribution in [0.15, 0.2) is 77.7 Å². The fourth-order valence-electron chi connectivity index (χ4n) is 3.43. The zero-order chi connectivity index (χ0) is 24.8. The largest absolute Gasteiger partial charge is 0.488 e. The van der Waals surface area contributed by atoms with Gasteiger partial charge in [0.15, 0.2) is 0 Å². The summed E-state index contributed by atoms with van der Waals surface area (Å²) in [5, 5.41) is 2.91. The number of thiophene rings is 1. The number of ether oxygens (including phenoxy) is 2. The van der Waals surface area contributed by atoms with Gasteiger partial charge in [0.25, 0.3) is 11.5 Å². The van der Waals surface area contributed by atoms with Gasteiger partial charge >= 0.3 is 6.61 Å². The lowest BCUT2D eigenvalue weighted by atomic mass is 10.1. The molecule has 0 saturated heterocycles. The Morgan fingerprint density at radius 3 is 2.51 bits per heavy atom. The zero-order valence-electron chi connectivity index (χ0n) is 18.7. The van der Waals surface area contributed by atoms with E-state index in [0.717, 1.165) is 11.1 Å². The minimum atomic E-state index is -2.89. The van der Waals surface area contributed by atoms with Gasteiger partial charge in [0.05, 0.1) is 10.4 Å². The smallest absolute Gasteiger partial charge is 0.387 e. The highest BCUT2D eigenvalue weighted by atomic mass is 32.1. The number of aromatic nitrogens is 1. The fraction of sp³-hybridized carbons (Fsp3) is 0.154. The quantitative estimate of drug-likeness (QED) is 0.320. The van der Waals surface area contributed by atoms with Gasteiger partial charge < -0.3 is 19.8 Å². The lowest BCUT2D eigenvalue weighted by molar-refractivity contribution is -0.0498. The number of amides is 1. The van der Waals surface area contributed by atoms with Crippen molar-refractivity contribution in [2.75, 3.05) is 0 Å². The average Bonchev–Trinajstić information content (AvgIpc) is 3.23. The Morgan fingerprint density at radius 1 is 1.06 bits per heavy atom. The molecule has 2 aromatic carbocycles. The molecule has 0 atom stereocenters. The van der Waals surface area contributed by atoms with Crippen molar-refractivity contribution < 1.29 is 23.0 Å². The number of aryl methyl sites for hydroxylation is 1. The maximum absolute atomic E-state index is 12.8. The maximum atomic E-state index is 12.8. The summed E-state index contributed by atoms with van der Waals surface area (Å²) in [5.41, 5.74) is 2.42. The predicted molar refractivity (Wildman–Crippen MR) is 130 cm³/mol. The monoisotopic (exact) mass is 496 g/mol. The topological polar surface area (TPSA) is 80.4 Å². The van der Waals surface area contributed by atoms with E-state index in [9.17, 15) is 18.4 Å². The number of carbonyl (C=O) groups excluding carboxylic acids is 1. The maximum Gasteiger partial charge on any atom is 0.387 e. The summed E-state index contributed by atoms with van der Waals surface area (Å²) >= 11 is 1.21. The highest BCUT2D eigenvalue weighted by molar-refractivity contribution is 7.17. The van der Waals surface area contributed by atoms with Gasteiger partial charge in [0.2, 0.25) is 0 Å². The second kappa shape index (κ2) is 11.0. The van der Waals surface area contributed by atoms with Gasteiger partial charge in [-0.25, -0.2) is 0 Å². The molecule has 0 fully saturated rings. The van der Waals surface area contributed by atoms with Crippen LogP contribution in [0, 0.1) is 6.92 Å². The van der Waals surface area contributed by atoms with E-state index in [1.54, 1.807) is 24.3 Å². The standard InChI is InChI=1S/C26H22F2N2O4S/c1-16-13-21(35-23(16)25(32)30-14-17-5-3-2-4-6-17)22-20(11-12-29-24(22)31)33-15-18-7-9-19(10-8-18)34-26(27)28/h2-13,26H,14-15H2,1H3,(H,29,31)(H,30,32). The molecule has 1 amide bonds. The summed E-state index contributed by atoms with van der Waals surface area (Å²) in [5.74, 6) is 0.176. The van der Waals surface area contributed by atoms with Crippen molar-refractivity contribution in [3.63, 3.8) is 0 Å². The summed E-state index contributed by atoms with van der Waals surface area (Å²) < 4.78 is 34.9. The summed E-state index contributed by atoms with van der Waals surface area (Å²) in [7, 11) is 0. The van der Waals surface area contributed by atoms with Gasteiger partial charge in [-0.1, -0.05) is 42.5 Å². The van der Waals surface area contributed by atoms with Crippen LogP contribution in [0.3, 0.4) is 0 Å². The Kier molecular flexibility index (Phi) is 7.57. The molecule has 2 aromatic heterocycles. The van der Waals surface area contributed by atoms with Crippen molar-refractivity contribution in [3.05, 3.63) is 105 Å². The SMILES string of the molecule is Cc1cc(-c2c(OCc3ccc(OC(F)F)cc3)cc[nH]c2=O)sc1C(=O)NCc1ccccc1.